The second-order valence-corrected chi connectivity index (χ2v) is 6.26. The molecule has 0 aliphatic heterocycles. The molecule has 2 aromatic rings. The number of rotatable bonds is 4. The number of imidazole rings is 1. The highest BCUT2D eigenvalue weighted by Gasteiger charge is 2.38. The van der Waals surface area contributed by atoms with Gasteiger partial charge in [0.05, 0.1) is 10.5 Å². The van der Waals surface area contributed by atoms with Crippen LogP contribution >= 0.6 is 23.2 Å². The van der Waals surface area contributed by atoms with E-state index >= 15 is 0 Å². The van der Waals surface area contributed by atoms with Gasteiger partial charge >= 0.3 is 0 Å². The molecule has 1 aromatic carbocycles. The summed E-state index contributed by atoms with van der Waals surface area (Å²) in [5, 5.41) is 0.725. The van der Waals surface area contributed by atoms with Crippen LogP contribution < -0.4 is 0 Å². The van der Waals surface area contributed by atoms with Gasteiger partial charge in [0.25, 0.3) is 0 Å². The van der Waals surface area contributed by atoms with Gasteiger partial charge in [0.1, 0.15) is 11.3 Å². The Hall–Kier alpha value is -0.730. The predicted octanol–water partition coefficient (Wildman–Crippen LogP) is 4.27. The number of fused-ring (bicyclic) bond motifs is 1. The largest absolute Gasteiger partial charge is 0.327 e. The number of hydrogen-bond donors (Lipinski definition) is 0. The molecule has 0 atom stereocenters. The summed E-state index contributed by atoms with van der Waals surface area (Å²) in [5.41, 5.74) is 2.48. The van der Waals surface area contributed by atoms with Gasteiger partial charge in [-0.3, -0.25) is 0 Å². The van der Waals surface area contributed by atoms with E-state index < -0.39 is 0 Å². The van der Waals surface area contributed by atoms with E-state index in [9.17, 15) is 0 Å². The minimum absolute atomic E-state index is 0.441. The summed E-state index contributed by atoms with van der Waals surface area (Å²) in [6.45, 7) is 3.35. The van der Waals surface area contributed by atoms with E-state index in [1.807, 2.05) is 12.1 Å². The molecule has 0 saturated heterocycles. The van der Waals surface area contributed by atoms with Gasteiger partial charge in [-0.2, -0.15) is 0 Å². The number of halogens is 2. The summed E-state index contributed by atoms with van der Waals surface area (Å²) >= 11 is 12.1. The number of aromatic nitrogens is 2. The quantitative estimate of drug-likeness (QED) is 0.766. The van der Waals surface area contributed by atoms with Gasteiger partial charge < -0.3 is 4.57 Å². The van der Waals surface area contributed by atoms with E-state index in [4.69, 9.17) is 23.2 Å². The standard InChI is InChI=1S/C14H16Cl2N2/c1-14(6-7-14)9-18-11-4-2-3-10(16)13(11)17-12(18)5-8-15/h2-4H,5-9H2,1H3. The molecular weight excluding hydrogens is 267 g/mol. The van der Waals surface area contributed by atoms with Crippen molar-refractivity contribution in [3.05, 3.63) is 29.0 Å². The number of alkyl halides is 1. The van der Waals surface area contributed by atoms with Gasteiger partial charge in [0.2, 0.25) is 0 Å². The molecule has 96 valence electrons. The van der Waals surface area contributed by atoms with Crippen LogP contribution in [0.4, 0.5) is 0 Å². The maximum atomic E-state index is 6.22. The first-order valence-corrected chi connectivity index (χ1v) is 7.24. The van der Waals surface area contributed by atoms with Crippen molar-refractivity contribution in [2.24, 2.45) is 5.41 Å². The Kier molecular flexibility index (Phi) is 3.03. The first kappa shape index (κ1) is 12.3. The summed E-state index contributed by atoms with van der Waals surface area (Å²) < 4.78 is 2.30. The van der Waals surface area contributed by atoms with Crippen molar-refractivity contribution in [1.29, 1.82) is 0 Å². The van der Waals surface area contributed by atoms with Crippen molar-refractivity contribution in [3.8, 4) is 0 Å². The average Bonchev–Trinajstić information content (AvgIpc) is 2.96. The minimum Gasteiger partial charge on any atom is -0.327 e. The van der Waals surface area contributed by atoms with Crippen molar-refractivity contribution < 1.29 is 0 Å². The highest BCUT2D eigenvalue weighted by atomic mass is 35.5. The SMILES string of the molecule is CC1(Cn2c(CCCl)nc3c(Cl)cccc32)CC1. The van der Waals surface area contributed by atoms with Crippen molar-refractivity contribution in [2.45, 2.75) is 32.7 Å². The van der Waals surface area contributed by atoms with Crippen LogP contribution in [-0.4, -0.2) is 15.4 Å². The third kappa shape index (κ3) is 2.12. The van der Waals surface area contributed by atoms with Crippen LogP contribution in [0.15, 0.2) is 18.2 Å². The lowest BCUT2D eigenvalue weighted by molar-refractivity contribution is 0.462. The van der Waals surface area contributed by atoms with Crippen molar-refractivity contribution in [2.75, 3.05) is 5.88 Å². The zero-order valence-electron chi connectivity index (χ0n) is 10.4. The molecule has 0 bridgehead atoms. The summed E-state index contributed by atoms with van der Waals surface area (Å²) in [7, 11) is 0. The van der Waals surface area contributed by atoms with Crippen LogP contribution in [0.2, 0.25) is 5.02 Å². The zero-order chi connectivity index (χ0) is 12.8. The monoisotopic (exact) mass is 282 g/mol. The fraction of sp³-hybridized carbons (Fsp3) is 0.500. The lowest BCUT2D eigenvalue weighted by Gasteiger charge is -2.13. The van der Waals surface area contributed by atoms with E-state index in [1.54, 1.807) is 0 Å². The highest BCUT2D eigenvalue weighted by molar-refractivity contribution is 6.34. The molecule has 0 unspecified atom stereocenters. The highest BCUT2D eigenvalue weighted by Crippen LogP contribution is 2.47. The fourth-order valence-corrected chi connectivity index (χ4v) is 2.75. The fourth-order valence-electron chi connectivity index (χ4n) is 2.37. The second kappa shape index (κ2) is 4.43. The maximum absolute atomic E-state index is 6.22. The average molecular weight is 283 g/mol. The lowest BCUT2D eigenvalue weighted by atomic mass is 10.1. The van der Waals surface area contributed by atoms with Crippen molar-refractivity contribution >= 4 is 34.2 Å². The van der Waals surface area contributed by atoms with Crippen LogP contribution in [0, 0.1) is 5.41 Å². The first-order chi connectivity index (χ1) is 8.63. The Morgan fingerprint density at radius 2 is 2.17 bits per heavy atom. The molecule has 0 radical (unpaired) electrons. The molecule has 1 saturated carbocycles. The summed E-state index contributed by atoms with van der Waals surface area (Å²) in [5.74, 6) is 1.65. The summed E-state index contributed by atoms with van der Waals surface area (Å²) in [6, 6.07) is 5.98. The molecule has 1 aliphatic carbocycles. The van der Waals surface area contributed by atoms with Gasteiger partial charge in [-0.15, -0.1) is 11.6 Å². The molecule has 1 heterocycles. The van der Waals surface area contributed by atoms with E-state index in [0.717, 1.165) is 34.8 Å². The maximum Gasteiger partial charge on any atom is 0.111 e. The molecule has 1 aliphatic rings. The van der Waals surface area contributed by atoms with Crippen molar-refractivity contribution in [3.63, 3.8) is 0 Å². The van der Waals surface area contributed by atoms with Crippen LogP contribution in [-0.2, 0) is 13.0 Å². The van der Waals surface area contributed by atoms with Crippen LogP contribution in [0.3, 0.4) is 0 Å². The summed E-state index contributed by atoms with van der Waals surface area (Å²) in [6.07, 6.45) is 3.39. The third-order valence-corrected chi connectivity index (χ3v) is 4.26. The Bertz CT molecular complexity index is 585. The number of para-hydroxylation sites is 1. The van der Waals surface area contributed by atoms with Gasteiger partial charge in [0.15, 0.2) is 0 Å². The minimum atomic E-state index is 0.441. The zero-order valence-corrected chi connectivity index (χ0v) is 11.9. The van der Waals surface area contributed by atoms with Gasteiger partial charge in [-0.05, 0) is 30.4 Å². The van der Waals surface area contributed by atoms with Gasteiger partial charge in [-0.1, -0.05) is 24.6 Å². The number of aryl methyl sites for hydroxylation is 1. The molecule has 1 fully saturated rings. The van der Waals surface area contributed by atoms with E-state index in [2.05, 4.69) is 22.5 Å². The van der Waals surface area contributed by atoms with E-state index in [1.165, 1.54) is 12.8 Å². The topological polar surface area (TPSA) is 17.8 Å². The lowest BCUT2D eigenvalue weighted by Crippen LogP contribution is -2.11. The van der Waals surface area contributed by atoms with Crippen LogP contribution in [0.25, 0.3) is 11.0 Å². The molecule has 4 heteroatoms. The molecule has 0 spiro atoms. The molecular formula is C14H16Cl2N2. The molecule has 3 rings (SSSR count). The normalized spacial score (nSPS) is 17.3. The van der Waals surface area contributed by atoms with E-state index in [-0.39, 0.29) is 0 Å². The summed E-state index contributed by atoms with van der Waals surface area (Å²) in [4.78, 5) is 4.66. The van der Waals surface area contributed by atoms with Crippen molar-refractivity contribution in [1.82, 2.24) is 9.55 Å². The number of hydrogen-bond acceptors (Lipinski definition) is 1. The van der Waals surface area contributed by atoms with Gasteiger partial charge in [-0.25, -0.2) is 4.98 Å². The number of benzene rings is 1. The van der Waals surface area contributed by atoms with E-state index in [0.29, 0.717) is 11.3 Å². The predicted molar refractivity (Wildman–Crippen MR) is 76.5 cm³/mol. The third-order valence-electron chi connectivity index (χ3n) is 3.77. The molecule has 18 heavy (non-hydrogen) atoms. The second-order valence-electron chi connectivity index (χ2n) is 5.47. The Morgan fingerprint density at radius 1 is 1.39 bits per heavy atom. The Balaban J connectivity index is 2.12. The number of nitrogens with zero attached hydrogens (tertiary/aromatic N) is 2. The van der Waals surface area contributed by atoms with Gasteiger partial charge in [0, 0.05) is 18.8 Å². The first-order valence-electron chi connectivity index (χ1n) is 6.33. The smallest absolute Gasteiger partial charge is 0.111 e. The van der Waals surface area contributed by atoms with Crippen LogP contribution in [0.1, 0.15) is 25.6 Å². The molecule has 1 aromatic heterocycles. The van der Waals surface area contributed by atoms with Crippen LogP contribution in [0.5, 0.6) is 0 Å². The Labute approximate surface area is 117 Å². The molecule has 0 amide bonds. The molecule has 0 N–H and O–H groups in total. The Morgan fingerprint density at radius 3 is 2.83 bits per heavy atom. The molecule has 2 nitrogen and oxygen atoms in total.